The number of carbonyl (C=O) groups excluding carboxylic acids is 2. The van der Waals surface area contributed by atoms with Crippen LogP contribution in [-0.4, -0.2) is 29.5 Å². The van der Waals surface area contributed by atoms with Crippen molar-refractivity contribution in [2.75, 3.05) is 7.11 Å². The van der Waals surface area contributed by atoms with Crippen molar-refractivity contribution in [3.63, 3.8) is 0 Å². The second kappa shape index (κ2) is 5.69. The molecule has 1 aromatic carbocycles. The number of carbonyl (C=O) groups is 2. The number of aromatic nitrogens is 1. The van der Waals surface area contributed by atoms with Gasteiger partial charge < -0.3 is 10.1 Å². The summed E-state index contributed by atoms with van der Waals surface area (Å²) >= 11 is 5.95. The number of methoxy groups -OCH3 is 1. The highest BCUT2D eigenvalue weighted by atomic mass is 35.5. The Morgan fingerprint density at radius 2 is 1.95 bits per heavy atom. The minimum Gasteiger partial charge on any atom is -0.467 e. The highest BCUT2D eigenvalue weighted by Gasteiger charge is 2.31. The van der Waals surface area contributed by atoms with Crippen LogP contribution in [0.3, 0.4) is 0 Å². The maximum absolute atomic E-state index is 12.4. The molecule has 2 rings (SSSR count). The van der Waals surface area contributed by atoms with Crippen molar-refractivity contribution in [2.45, 2.75) is 19.4 Å². The Morgan fingerprint density at radius 3 is 2.62 bits per heavy atom. The van der Waals surface area contributed by atoms with E-state index in [9.17, 15) is 9.59 Å². The standard InChI is InChI=1S/C15H15ClN2O3/c1-15(2,14(20)21-3)18-13(19)10-8-12(16)17-11-7-5-4-6-9(10)11/h4-8H,1-3H3,(H,18,19). The van der Waals surface area contributed by atoms with Crippen LogP contribution in [0.5, 0.6) is 0 Å². The molecule has 0 aliphatic rings. The summed E-state index contributed by atoms with van der Waals surface area (Å²) in [6, 6.07) is 8.64. The van der Waals surface area contributed by atoms with Crippen LogP contribution < -0.4 is 5.32 Å². The fourth-order valence-corrected chi connectivity index (χ4v) is 2.19. The average Bonchev–Trinajstić information content (AvgIpc) is 2.44. The summed E-state index contributed by atoms with van der Waals surface area (Å²) in [4.78, 5) is 28.3. The smallest absolute Gasteiger partial charge is 0.330 e. The van der Waals surface area contributed by atoms with Crippen LogP contribution in [0.15, 0.2) is 30.3 Å². The summed E-state index contributed by atoms with van der Waals surface area (Å²) in [5.74, 6) is -0.939. The van der Waals surface area contributed by atoms with Gasteiger partial charge in [-0.2, -0.15) is 0 Å². The maximum atomic E-state index is 12.4. The van der Waals surface area contributed by atoms with Crippen LogP contribution in [-0.2, 0) is 9.53 Å². The highest BCUT2D eigenvalue weighted by molar-refractivity contribution is 6.30. The molecule has 1 aromatic heterocycles. The van der Waals surface area contributed by atoms with Crippen LogP contribution in [0, 0.1) is 0 Å². The van der Waals surface area contributed by atoms with Crippen molar-refractivity contribution in [1.82, 2.24) is 10.3 Å². The third-order valence-electron chi connectivity index (χ3n) is 3.05. The van der Waals surface area contributed by atoms with Crippen LogP contribution in [0.4, 0.5) is 0 Å². The van der Waals surface area contributed by atoms with Crippen molar-refractivity contribution >= 4 is 34.4 Å². The van der Waals surface area contributed by atoms with E-state index >= 15 is 0 Å². The van der Waals surface area contributed by atoms with Crippen molar-refractivity contribution in [1.29, 1.82) is 0 Å². The lowest BCUT2D eigenvalue weighted by Gasteiger charge is -2.23. The number of nitrogens with one attached hydrogen (secondary N) is 1. The van der Waals surface area contributed by atoms with Gasteiger partial charge in [0.2, 0.25) is 0 Å². The maximum Gasteiger partial charge on any atom is 0.330 e. The van der Waals surface area contributed by atoms with E-state index in [1.165, 1.54) is 13.2 Å². The molecule has 0 atom stereocenters. The topological polar surface area (TPSA) is 68.3 Å². The van der Waals surface area contributed by atoms with Crippen molar-refractivity contribution < 1.29 is 14.3 Å². The number of benzene rings is 1. The minimum absolute atomic E-state index is 0.217. The second-order valence-corrected chi connectivity index (χ2v) is 5.47. The quantitative estimate of drug-likeness (QED) is 0.699. The number of para-hydroxylation sites is 1. The van der Waals surface area contributed by atoms with E-state index in [1.54, 1.807) is 32.0 Å². The Kier molecular flexibility index (Phi) is 4.14. The second-order valence-electron chi connectivity index (χ2n) is 5.08. The zero-order valence-corrected chi connectivity index (χ0v) is 12.7. The number of esters is 1. The summed E-state index contributed by atoms with van der Waals surface area (Å²) in [5.41, 5.74) is -0.156. The number of nitrogens with zero attached hydrogens (tertiary/aromatic N) is 1. The zero-order chi connectivity index (χ0) is 15.6. The van der Waals surface area contributed by atoms with Gasteiger partial charge in [0, 0.05) is 5.39 Å². The van der Waals surface area contributed by atoms with E-state index in [0.717, 1.165) is 0 Å². The molecule has 2 aromatic rings. The lowest BCUT2D eigenvalue weighted by molar-refractivity contribution is -0.146. The van der Waals surface area contributed by atoms with Crippen molar-refractivity contribution in [3.8, 4) is 0 Å². The summed E-state index contributed by atoms with van der Waals surface area (Å²) < 4.78 is 4.67. The van der Waals surface area contributed by atoms with Crippen molar-refractivity contribution in [2.24, 2.45) is 0 Å². The fraction of sp³-hybridized carbons (Fsp3) is 0.267. The number of hydrogen-bond acceptors (Lipinski definition) is 4. The third-order valence-corrected chi connectivity index (χ3v) is 3.24. The van der Waals surface area contributed by atoms with Gasteiger partial charge in [0.05, 0.1) is 18.2 Å². The molecule has 0 bridgehead atoms. The number of amides is 1. The van der Waals surface area contributed by atoms with E-state index in [4.69, 9.17) is 11.6 Å². The van der Waals surface area contributed by atoms with Crippen LogP contribution in [0.1, 0.15) is 24.2 Å². The summed E-state index contributed by atoms with van der Waals surface area (Å²) in [5, 5.41) is 3.53. The Hall–Kier alpha value is -2.14. The van der Waals surface area contributed by atoms with Gasteiger partial charge in [0.1, 0.15) is 10.7 Å². The largest absolute Gasteiger partial charge is 0.467 e. The Balaban J connectivity index is 2.42. The first-order valence-corrected chi connectivity index (χ1v) is 6.69. The third kappa shape index (κ3) is 3.13. The molecule has 1 N–H and O–H groups in total. The van der Waals surface area contributed by atoms with Gasteiger partial charge in [-0.15, -0.1) is 0 Å². The molecular weight excluding hydrogens is 292 g/mol. The van der Waals surface area contributed by atoms with Gasteiger partial charge in [-0.1, -0.05) is 29.8 Å². The number of rotatable bonds is 3. The molecule has 0 fully saturated rings. The first-order chi connectivity index (χ1) is 9.85. The molecule has 0 aliphatic heterocycles. The fourth-order valence-electron chi connectivity index (χ4n) is 1.99. The van der Waals surface area contributed by atoms with Gasteiger partial charge in [0.15, 0.2) is 0 Å². The van der Waals surface area contributed by atoms with Crippen LogP contribution >= 0.6 is 11.6 Å². The summed E-state index contributed by atoms with van der Waals surface area (Å²) in [6.07, 6.45) is 0. The lowest BCUT2D eigenvalue weighted by Crippen LogP contribution is -2.50. The normalized spacial score (nSPS) is 11.2. The predicted octanol–water partition coefficient (Wildman–Crippen LogP) is 2.57. The van der Waals surface area contributed by atoms with Gasteiger partial charge in [-0.05, 0) is 26.0 Å². The number of hydrogen-bond donors (Lipinski definition) is 1. The van der Waals surface area contributed by atoms with E-state index < -0.39 is 17.4 Å². The van der Waals surface area contributed by atoms with E-state index in [1.807, 2.05) is 6.07 Å². The first kappa shape index (κ1) is 15.3. The van der Waals surface area contributed by atoms with Crippen molar-refractivity contribution in [3.05, 3.63) is 41.0 Å². The Morgan fingerprint density at radius 1 is 1.29 bits per heavy atom. The monoisotopic (exact) mass is 306 g/mol. The lowest BCUT2D eigenvalue weighted by atomic mass is 10.0. The molecule has 0 saturated heterocycles. The molecule has 0 saturated carbocycles. The predicted molar refractivity (Wildman–Crippen MR) is 80.3 cm³/mol. The number of ether oxygens (including phenoxy) is 1. The molecule has 0 unspecified atom stereocenters. The Labute approximate surface area is 127 Å². The molecule has 0 spiro atoms. The molecule has 5 nitrogen and oxygen atoms in total. The van der Waals surface area contributed by atoms with Gasteiger partial charge in [-0.3, -0.25) is 4.79 Å². The van der Waals surface area contributed by atoms with Gasteiger partial charge >= 0.3 is 5.97 Å². The molecule has 1 amide bonds. The molecule has 21 heavy (non-hydrogen) atoms. The van der Waals surface area contributed by atoms with E-state index in [0.29, 0.717) is 16.5 Å². The van der Waals surface area contributed by atoms with E-state index in [-0.39, 0.29) is 5.15 Å². The molecule has 0 aliphatic carbocycles. The SMILES string of the molecule is COC(=O)C(C)(C)NC(=O)c1cc(Cl)nc2ccccc12. The average molecular weight is 307 g/mol. The molecule has 1 heterocycles. The minimum atomic E-state index is -1.14. The van der Waals surface area contributed by atoms with Gasteiger partial charge in [0.25, 0.3) is 5.91 Å². The molecular formula is C15H15ClN2O3. The van der Waals surface area contributed by atoms with E-state index in [2.05, 4.69) is 15.0 Å². The highest BCUT2D eigenvalue weighted by Crippen LogP contribution is 2.21. The molecule has 0 radical (unpaired) electrons. The molecule has 110 valence electrons. The number of pyridine rings is 1. The molecule has 6 heteroatoms. The van der Waals surface area contributed by atoms with Crippen LogP contribution in [0.25, 0.3) is 10.9 Å². The summed E-state index contributed by atoms with van der Waals surface area (Å²) in [6.45, 7) is 3.14. The van der Waals surface area contributed by atoms with Gasteiger partial charge in [-0.25, -0.2) is 9.78 Å². The first-order valence-electron chi connectivity index (χ1n) is 6.31. The number of halogens is 1. The number of fused-ring (bicyclic) bond motifs is 1. The Bertz CT molecular complexity index is 713. The zero-order valence-electron chi connectivity index (χ0n) is 11.9. The summed E-state index contributed by atoms with van der Waals surface area (Å²) in [7, 11) is 1.27. The van der Waals surface area contributed by atoms with Crippen LogP contribution in [0.2, 0.25) is 5.15 Å².